The van der Waals surface area contributed by atoms with Crippen molar-refractivity contribution in [1.29, 1.82) is 0 Å². The third-order valence-electron chi connectivity index (χ3n) is 2.95. The van der Waals surface area contributed by atoms with E-state index in [0.29, 0.717) is 0 Å². The number of benzene rings is 1. The molecule has 1 atom stereocenters. The van der Waals surface area contributed by atoms with Crippen LogP contribution in [0.5, 0.6) is 5.75 Å². The van der Waals surface area contributed by atoms with Crippen molar-refractivity contribution < 1.29 is 9.84 Å². The Labute approximate surface area is 105 Å². The fraction of sp³-hybridized carbons (Fsp3) is 0.538. The fourth-order valence-electron chi connectivity index (χ4n) is 1.63. The molecule has 1 aromatic carbocycles. The van der Waals surface area contributed by atoms with E-state index in [-0.39, 0.29) is 12.5 Å². The molecule has 1 N–H and O–H groups in total. The van der Waals surface area contributed by atoms with Gasteiger partial charge in [0, 0.05) is 22.6 Å². The van der Waals surface area contributed by atoms with E-state index in [1.807, 2.05) is 25.1 Å². The molecule has 0 aliphatic heterocycles. The van der Waals surface area contributed by atoms with E-state index in [4.69, 9.17) is 4.74 Å². The van der Waals surface area contributed by atoms with Gasteiger partial charge in [0.15, 0.2) is 0 Å². The molecule has 0 heterocycles. The minimum atomic E-state index is 0.117. The van der Waals surface area contributed by atoms with Gasteiger partial charge in [-0.15, -0.1) is 0 Å². The second-order valence-electron chi connectivity index (χ2n) is 4.52. The average molecular weight is 285 g/mol. The molecule has 0 saturated heterocycles. The van der Waals surface area contributed by atoms with Crippen LogP contribution < -0.4 is 4.74 Å². The fourth-order valence-corrected chi connectivity index (χ4v) is 2.01. The molecule has 1 unspecified atom stereocenters. The summed E-state index contributed by atoms with van der Waals surface area (Å²) in [5.41, 5.74) is 1.08. The van der Waals surface area contributed by atoms with Gasteiger partial charge in [0.25, 0.3) is 0 Å². The molecule has 1 aliphatic carbocycles. The van der Waals surface area contributed by atoms with Gasteiger partial charge in [0.2, 0.25) is 0 Å². The number of hydrogen-bond donors (Lipinski definition) is 1. The number of ether oxygens (including phenoxy) is 1. The topological polar surface area (TPSA) is 29.5 Å². The average Bonchev–Trinajstić information content (AvgIpc) is 3.10. The van der Waals surface area contributed by atoms with Gasteiger partial charge in [-0.2, -0.15) is 0 Å². The highest BCUT2D eigenvalue weighted by molar-refractivity contribution is 9.10. The van der Waals surface area contributed by atoms with Crippen molar-refractivity contribution in [3.05, 3.63) is 28.2 Å². The van der Waals surface area contributed by atoms with Crippen LogP contribution in [0.25, 0.3) is 0 Å². The van der Waals surface area contributed by atoms with Crippen molar-refractivity contribution in [2.45, 2.75) is 25.7 Å². The zero-order valence-electron chi connectivity index (χ0n) is 9.45. The Morgan fingerprint density at radius 3 is 2.88 bits per heavy atom. The molecule has 3 heteroatoms. The molecule has 1 fully saturated rings. The summed E-state index contributed by atoms with van der Waals surface area (Å²) in [7, 11) is 0. The van der Waals surface area contributed by atoms with Gasteiger partial charge in [-0.3, -0.25) is 0 Å². The zero-order valence-corrected chi connectivity index (χ0v) is 11.0. The monoisotopic (exact) mass is 284 g/mol. The lowest BCUT2D eigenvalue weighted by Crippen LogP contribution is -2.06. The Bertz CT molecular complexity index is 361. The smallest absolute Gasteiger partial charge is 0.122 e. The molecule has 1 aliphatic rings. The van der Waals surface area contributed by atoms with Gasteiger partial charge in [0.1, 0.15) is 5.75 Å². The van der Waals surface area contributed by atoms with Crippen LogP contribution in [0.4, 0.5) is 0 Å². The molecular formula is C13H17BrO2. The predicted molar refractivity (Wildman–Crippen MR) is 67.9 cm³/mol. The van der Waals surface area contributed by atoms with Gasteiger partial charge in [-0.25, -0.2) is 0 Å². The summed E-state index contributed by atoms with van der Waals surface area (Å²) < 4.78 is 6.84. The van der Waals surface area contributed by atoms with E-state index < -0.39 is 0 Å². The van der Waals surface area contributed by atoms with E-state index in [1.54, 1.807) is 0 Å². The van der Waals surface area contributed by atoms with E-state index >= 15 is 0 Å². The molecule has 1 saturated carbocycles. The lowest BCUT2D eigenvalue weighted by atomic mass is 10.0. The highest BCUT2D eigenvalue weighted by Crippen LogP contribution is 2.33. The Balaban J connectivity index is 2.13. The summed E-state index contributed by atoms with van der Waals surface area (Å²) in [4.78, 5) is 0. The standard InChI is InChI=1S/C13H17BrO2/c1-9(7-15)12-6-11(14)4-5-13(12)16-8-10-2-3-10/h4-6,9-10,15H,2-3,7-8H2,1H3. The highest BCUT2D eigenvalue weighted by atomic mass is 79.9. The summed E-state index contributed by atoms with van der Waals surface area (Å²) in [5.74, 6) is 1.78. The number of rotatable bonds is 5. The van der Waals surface area contributed by atoms with Crippen LogP contribution in [-0.4, -0.2) is 18.3 Å². The molecule has 0 radical (unpaired) electrons. The Kier molecular flexibility index (Phi) is 3.87. The molecule has 2 nitrogen and oxygen atoms in total. The van der Waals surface area contributed by atoms with E-state index in [0.717, 1.165) is 28.3 Å². The molecule has 0 amide bonds. The summed E-state index contributed by atoms with van der Waals surface area (Å²) in [6.45, 7) is 2.97. The minimum absolute atomic E-state index is 0.117. The van der Waals surface area contributed by atoms with E-state index in [2.05, 4.69) is 15.9 Å². The first-order valence-corrected chi connectivity index (χ1v) is 6.53. The van der Waals surface area contributed by atoms with Crippen LogP contribution in [0.3, 0.4) is 0 Å². The van der Waals surface area contributed by atoms with Crippen molar-refractivity contribution in [2.24, 2.45) is 5.92 Å². The first kappa shape index (κ1) is 11.9. The number of aliphatic hydroxyl groups is 1. The lowest BCUT2D eigenvalue weighted by molar-refractivity contribution is 0.261. The quantitative estimate of drug-likeness (QED) is 0.899. The summed E-state index contributed by atoms with van der Waals surface area (Å²) in [6, 6.07) is 5.99. The van der Waals surface area contributed by atoms with Crippen LogP contribution in [0.15, 0.2) is 22.7 Å². The Morgan fingerprint density at radius 1 is 1.50 bits per heavy atom. The molecule has 2 rings (SSSR count). The maximum atomic E-state index is 9.22. The maximum Gasteiger partial charge on any atom is 0.122 e. The van der Waals surface area contributed by atoms with Crippen molar-refractivity contribution in [3.63, 3.8) is 0 Å². The Hall–Kier alpha value is -0.540. The second kappa shape index (κ2) is 5.19. The van der Waals surface area contributed by atoms with Crippen LogP contribution in [0.2, 0.25) is 0 Å². The number of hydrogen-bond acceptors (Lipinski definition) is 2. The lowest BCUT2D eigenvalue weighted by Gasteiger charge is -2.15. The first-order chi connectivity index (χ1) is 7.70. The summed E-state index contributed by atoms with van der Waals surface area (Å²) >= 11 is 3.45. The van der Waals surface area contributed by atoms with Crippen LogP contribution >= 0.6 is 15.9 Å². The molecule has 0 spiro atoms. The number of aliphatic hydroxyl groups excluding tert-OH is 1. The molecule has 1 aromatic rings. The van der Waals surface area contributed by atoms with Crippen LogP contribution in [-0.2, 0) is 0 Å². The maximum absolute atomic E-state index is 9.22. The molecule has 0 bridgehead atoms. The van der Waals surface area contributed by atoms with Gasteiger partial charge in [0.05, 0.1) is 6.61 Å². The minimum Gasteiger partial charge on any atom is -0.493 e. The van der Waals surface area contributed by atoms with E-state index in [1.165, 1.54) is 12.8 Å². The van der Waals surface area contributed by atoms with Crippen LogP contribution in [0.1, 0.15) is 31.2 Å². The first-order valence-electron chi connectivity index (χ1n) is 5.74. The zero-order chi connectivity index (χ0) is 11.5. The number of halogens is 1. The normalized spacial score (nSPS) is 17.2. The third-order valence-corrected chi connectivity index (χ3v) is 3.44. The predicted octanol–water partition coefficient (Wildman–Crippen LogP) is 3.33. The molecular weight excluding hydrogens is 268 g/mol. The molecule has 88 valence electrons. The molecule has 0 aromatic heterocycles. The van der Waals surface area contributed by atoms with Crippen LogP contribution in [0, 0.1) is 5.92 Å². The van der Waals surface area contributed by atoms with Gasteiger partial charge in [-0.05, 0) is 37.0 Å². The van der Waals surface area contributed by atoms with Crippen molar-refractivity contribution in [1.82, 2.24) is 0 Å². The van der Waals surface area contributed by atoms with E-state index in [9.17, 15) is 5.11 Å². The van der Waals surface area contributed by atoms with Gasteiger partial charge in [-0.1, -0.05) is 22.9 Å². The molecule has 16 heavy (non-hydrogen) atoms. The van der Waals surface area contributed by atoms with Crippen molar-refractivity contribution >= 4 is 15.9 Å². The van der Waals surface area contributed by atoms with Gasteiger partial charge < -0.3 is 9.84 Å². The van der Waals surface area contributed by atoms with Crippen molar-refractivity contribution in [3.8, 4) is 5.75 Å². The largest absolute Gasteiger partial charge is 0.493 e. The Morgan fingerprint density at radius 2 is 2.25 bits per heavy atom. The third kappa shape index (κ3) is 2.98. The highest BCUT2D eigenvalue weighted by Gasteiger charge is 2.22. The second-order valence-corrected chi connectivity index (χ2v) is 5.44. The van der Waals surface area contributed by atoms with Crippen molar-refractivity contribution in [2.75, 3.05) is 13.2 Å². The van der Waals surface area contributed by atoms with Gasteiger partial charge >= 0.3 is 0 Å². The SMILES string of the molecule is CC(CO)c1cc(Br)ccc1OCC1CC1. The summed E-state index contributed by atoms with van der Waals surface area (Å²) in [6.07, 6.45) is 2.59. The summed E-state index contributed by atoms with van der Waals surface area (Å²) in [5, 5.41) is 9.22.